The standard InChI is InChI=1S/C25H44O4/c1-16-14-19(26)7-5-6-18-12-13-25(3)20(17(2)8-11-23(28)29-4)9-10-21(25)24(18)22(27)15-16/h16-22,24,26-27H,5-15H2,1-4H3/t16?,17-,18+,19-,20?,21+,22-,24?,25?/m1/s1. The number of hydrogen-bond acceptors (Lipinski definition) is 4. The maximum atomic E-state index is 11.6. The van der Waals surface area contributed by atoms with Gasteiger partial charge in [0.2, 0.25) is 0 Å². The zero-order chi connectivity index (χ0) is 21.2. The Kier molecular flexibility index (Phi) is 7.70. The zero-order valence-corrected chi connectivity index (χ0v) is 19.1. The van der Waals surface area contributed by atoms with E-state index < -0.39 is 0 Å². The van der Waals surface area contributed by atoms with Crippen LogP contribution in [0.25, 0.3) is 0 Å². The molecule has 0 aliphatic heterocycles. The van der Waals surface area contributed by atoms with Crippen LogP contribution in [-0.4, -0.2) is 35.5 Å². The van der Waals surface area contributed by atoms with Crippen LogP contribution in [0.2, 0.25) is 0 Å². The summed E-state index contributed by atoms with van der Waals surface area (Å²) in [4.78, 5) is 11.6. The van der Waals surface area contributed by atoms with Crippen molar-refractivity contribution in [2.24, 2.45) is 40.9 Å². The largest absolute Gasteiger partial charge is 0.469 e. The van der Waals surface area contributed by atoms with Crippen molar-refractivity contribution in [1.29, 1.82) is 0 Å². The average Bonchev–Trinajstić information content (AvgIpc) is 3.02. The molecule has 0 radical (unpaired) electrons. The molecule has 2 N–H and O–H groups in total. The van der Waals surface area contributed by atoms with Crippen LogP contribution >= 0.6 is 0 Å². The summed E-state index contributed by atoms with van der Waals surface area (Å²) in [5.74, 6) is 3.04. The van der Waals surface area contributed by atoms with Crippen LogP contribution < -0.4 is 0 Å². The zero-order valence-electron chi connectivity index (χ0n) is 19.1. The fraction of sp³-hybridized carbons (Fsp3) is 0.960. The Balaban J connectivity index is 1.74. The molecule has 3 rings (SSSR count). The molecule has 3 saturated carbocycles. The van der Waals surface area contributed by atoms with Crippen molar-refractivity contribution in [2.75, 3.05) is 7.11 Å². The van der Waals surface area contributed by atoms with Gasteiger partial charge in [0.15, 0.2) is 0 Å². The van der Waals surface area contributed by atoms with Crippen molar-refractivity contribution in [2.45, 2.75) is 104 Å². The first kappa shape index (κ1) is 23.1. The number of fused-ring (bicyclic) bond motifs is 3. The summed E-state index contributed by atoms with van der Waals surface area (Å²) in [7, 11) is 1.47. The van der Waals surface area contributed by atoms with Gasteiger partial charge in [0.25, 0.3) is 0 Å². The van der Waals surface area contributed by atoms with Crippen molar-refractivity contribution >= 4 is 5.97 Å². The third-order valence-corrected chi connectivity index (χ3v) is 9.14. The van der Waals surface area contributed by atoms with Gasteiger partial charge in [-0.2, -0.15) is 0 Å². The number of hydrogen-bond donors (Lipinski definition) is 2. The van der Waals surface area contributed by atoms with Gasteiger partial charge in [-0.05, 0) is 98.7 Å². The van der Waals surface area contributed by atoms with Gasteiger partial charge in [0.1, 0.15) is 0 Å². The Morgan fingerprint density at radius 1 is 1.14 bits per heavy atom. The molecule has 0 aromatic rings. The fourth-order valence-electron chi connectivity index (χ4n) is 7.68. The molecule has 0 spiro atoms. The van der Waals surface area contributed by atoms with Crippen LogP contribution in [0.4, 0.5) is 0 Å². The molecule has 3 aliphatic rings. The van der Waals surface area contributed by atoms with E-state index in [1.807, 2.05) is 0 Å². The molecule has 9 atom stereocenters. The Hall–Kier alpha value is -0.610. The molecule has 4 nitrogen and oxygen atoms in total. The highest BCUT2D eigenvalue weighted by atomic mass is 16.5. The van der Waals surface area contributed by atoms with E-state index in [4.69, 9.17) is 4.74 Å². The Bertz CT molecular complexity index is 549. The minimum absolute atomic E-state index is 0.0980. The van der Waals surface area contributed by atoms with Gasteiger partial charge < -0.3 is 14.9 Å². The number of aliphatic hydroxyl groups excluding tert-OH is 2. The van der Waals surface area contributed by atoms with Crippen molar-refractivity contribution in [3.05, 3.63) is 0 Å². The first-order valence-corrected chi connectivity index (χ1v) is 12.2. The summed E-state index contributed by atoms with van der Waals surface area (Å²) in [5, 5.41) is 21.6. The van der Waals surface area contributed by atoms with E-state index in [9.17, 15) is 15.0 Å². The average molecular weight is 409 g/mol. The molecule has 29 heavy (non-hydrogen) atoms. The van der Waals surface area contributed by atoms with Crippen molar-refractivity contribution in [3.8, 4) is 0 Å². The molecule has 0 aromatic carbocycles. The predicted molar refractivity (Wildman–Crippen MR) is 115 cm³/mol. The summed E-state index contributed by atoms with van der Waals surface area (Å²) >= 11 is 0. The monoisotopic (exact) mass is 408 g/mol. The van der Waals surface area contributed by atoms with Crippen molar-refractivity contribution in [1.82, 2.24) is 0 Å². The molecular formula is C25H44O4. The highest BCUT2D eigenvalue weighted by Gasteiger charge is 2.56. The number of methoxy groups -OCH3 is 1. The lowest BCUT2D eigenvalue weighted by atomic mass is 9.54. The minimum Gasteiger partial charge on any atom is -0.469 e. The first-order valence-electron chi connectivity index (χ1n) is 12.2. The molecule has 4 unspecified atom stereocenters. The van der Waals surface area contributed by atoms with Crippen LogP contribution in [0.1, 0.15) is 91.4 Å². The molecule has 168 valence electrons. The Morgan fingerprint density at radius 3 is 2.62 bits per heavy atom. The second-order valence-electron chi connectivity index (χ2n) is 11.0. The molecular weight excluding hydrogens is 364 g/mol. The number of aliphatic hydroxyl groups is 2. The second-order valence-corrected chi connectivity index (χ2v) is 11.0. The lowest BCUT2D eigenvalue weighted by Crippen LogP contribution is -2.47. The topological polar surface area (TPSA) is 66.8 Å². The maximum absolute atomic E-state index is 11.6. The van der Waals surface area contributed by atoms with Crippen LogP contribution in [0.3, 0.4) is 0 Å². The van der Waals surface area contributed by atoms with E-state index >= 15 is 0 Å². The summed E-state index contributed by atoms with van der Waals surface area (Å²) in [5.41, 5.74) is 0.282. The van der Waals surface area contributed by atoms with E-state index in [-0.39, 0.29) is 23.6 Å². The molecule has 3 fully saturated rings. The number of carbonyl (C=O) groups excluding carboxylic acids is 1. The van der Waals surface area contributed by atoms with Gasteiger partial charge in [0, 0.05) is 6.42 Å². The Morgan fingerprint density at radius 2 is 1.90 bits per heavy atom. The van der Waals surface area contributed by atoms with Crippen LogP contribution in [0.15, 0.2) is 0 Å². The van der Waals surface area contributed by atoms with Crippen molar-refractivity contribution in [3.63, 3.8) is 0 Å². The first-order chi connectivity index (χ1) is 13.8. The van der Waals surface area contributed by atoms with E-state index in [0.29, 0.717) is 41.9 Å². The third-order valence-electron chi connectivity index (χ3n) is 9.14. The van der Waals surface area contributed by atoms with Crippen molar-refractivity contribution < 1.29 is 19.7 Å². The number of rotatable bonds is 4. The van der Waals surface area contributed by atoms with Gasteiger partial charge >= 0.3 is 5.97 Å². The molecule has 4 heteroatoms. The molecule has 0 amide bonds. The van der Waals surface area contributed by atoms with Gasteiger partial charge in [-0.3, -0.25) is 4.79 Å². The van der Waals surface area contributed by atoms with E-state index in [1.165, 1.54) is 32.8 Å². The van der Waals surface area contributed by atoms with E-state index in [2.05, 4.69) is 20.8 Å². The fourth-order valence-corrected chi connectivity index (χ4v) is 7.68. The number of carbonyl (C=O) groups is 1. The lowest BCUT2D eigenvalue weighted by Gasteiger charge is -2.52. The van der Waals surface area contributed by atoms with Gasteiger partial charge in [0.05, 0.1) is 19.3 Å². The smallest absolute Gasteiger partial charge is 0.305 e. The highest BCUT2D eigenvalue weighted by molar-refractivity contribution is 5.69. The molecule has 0 aromatic heterocycles. The summed E-state index contributed by atoms with van der Waals surface area (Å²) in [6, 6.07) is 0. The predicted octanol–water partition coefficient (Wildman–Crippen LogP) is 4.96. The second kappa shape index (κ2) is 9.68. The minimum atomic E-state index is -0.242. The summed E-state index contributed by atoms with van der Waals surface area (Å²) < 4.78 is 4.86. The summed E-state index contributed by atoms with van der Waals surface area (Å²) in [6.45, 7) is 7.00. The van der Waals surface area contributed by atoms with E-state index in [1.54, 1.807) is 0 Å². The van der Waals surface area contributed by atoms with Gasteiger partial charge in [-0.15, -0.1) is 0 Å². The van der Waals surface area contributed by atoms with Gasteiger partial charge in [-0.1, -0.05) is 27.2 Å². The third kappa shape index (κ3) is 5.01. The van der Waals surface area contributed by atoms with Crippen LogP contribution in [0, 0.1) is 40.9 Å². The molecule has 0 saturated heterocycles. The molecule has 0 bridgehead atoms. The highest BCUT2D eigenvalue weighted by Crippen LogP contribution is 2.62. The Labute approximate surface area is 177 Å². The van der Waals surface area contributed by atoms with E-state index in [0.717, 1.165) is 38.5 Å². The SMILES string of the molecule is COC(=O)CC[C@@H](C)C1CC[C@H]2C3[C@@H](CCC[C@@H](O)CC(C)C[C@H]3O)CCC12C. The molecule has 0 heterocycles. The quantitative estimate of drug-likeness (QED) is 0.646. The summed E-state index contributed by atoms with van der Waals surface area (Å²) in [6.07, 6.45) is 10.7. The van der Waals surface area contributed by atoms with Crippen LogP contribution in [-0.2, 0) is 9.53 Å². The molecule has 3 aliphatic carbocycles. The lowest BCUT2D eigenvalue weighted by molar-refractivity contribution is -0.141. The number of esters is 1. The normalized spacial score (nSPS) is 44.4. The van der Waals surface area contributed by atoms with Gasteiger partial charge in [-0.25, -0.2) is 0 Å². The van der Waals surface area contributed by atoms with Crippen LogP contribution in [0.5, 0.6) is 0 Å². The maximum Gasteiger partial charge on any atom is 0.305 e. The number of ether oxygens (including phenoxy) is 1.